The molecule has 3 nitrogen and oxygen atoms in total. The molecule has 3 aliphatic rings. The van der Waals surface area contributed by atoms with Gasteiger partial charge in [0.2, 0.25) is 0 Å². The molecule has 0 saturated heterocycles. The third kappa shape index (κ3) is 7.99. The number of amidine groups is 1. The Morgan fingerprint density at radius 2 is 0.980 bits per heavy atom. The van der Waals surface area contributed by atoms with Gasteiger partial charge in [0.05, 0.1) is 12.0 Å². The Bertz CT molecular complexity index is 1720. The number of carbonyl (C=O) groups excluding carboxylic acids is 1. The summed E-state index contributed by atoms with van der Waals surface area (Å²) in [7, 11) is -0.894. The van der Waals surface area contributed by atoms with Crippen LogP contribution in [0.2, 0.25) is 0 Å². The summed E-state index contributed by atoms with van der Waals surface area (Å²) in [4.78, 5) is 22.0. The summed E-state index contributed by atoms with van der Waals surface area (Å²) in [6.45, 7) is 0. The second-order valence-corrected chi connectivity index (χ2v) is 13.7. The number of carbonyl (C=O) groups is 1. The van der Waals surface area contributed by atoms with Crippen LogP contribution in [0, 0.1) is 62.9 Å². The number of amides is 1. The zero-order valence-corrected chi connectivity index (χ0v) is 28.8. The molecule has 2 atom stereocenters. The van der Waals surface area contributed by atoms with Crippen molar-refractivity contribution in [3.05, 3.63) is 231 Å². The van der Waals surface area contributed by atoms with Crippen LogP contribution in [0.5, 0.6) is 0 Å². The van der Waals surface area contributed by atoms with Crippen LogP contribution in [0.1, 0.15) is 33.6 Å². The standard InChI is InChI=1S/C39H30N2OP.C5H5.Fe/c42-39(31-21-10-3-11-22-31)41-37(30-19-8-2-9-20-30)36(29-17-6-1-7-18-29)40-38(41)34-27-16-28-35(34)43(32-23-12-4-13-24-32)33-25-14-5-15-26-33;1-2-4-5-3-1;/h1-28,36-37H;1-5H;/q;;+2/t36-,37-;;/m1../s1. The number of hydrogen-bond donors (Lipinski definition) is 0. The maximum atomic E-state index is 14.6. The molecule has 1 heterocycles. The third-order valence-corrected chi connectivity index (χ3v) is 10.9. The van der Waals surface area contributed by atoms with Crippen LogP contribution in [0.15, 0.2) is 157 Å². The summed E-state index contributed by atoms with van der Waals surface area (Å²) in [6, 6.07) is 51.0. The molecule has 49 heavy (non-hydrogen) atoms. The third-order valence-electron chi connectivity index (χ3n) is 8.45. The average molecular weight is 695 g/mol. The van der Waals surface area contributed by atoms with Gasteiger partial charge in [0, 0.05) is 11.2 Å². The largest absolute Gasteiger partial charge is 2.00 e. The predicted octanol–water partition coefficient (Wildman–Crippen LogP) is 8.91. The molecule has 5 aromatic rings. The molecule has 8 rings (SSSR count). The summed E-state index contributed by atoms with van der Waals surface area (Å²) in [5.41, 5.74) is 3.98. The fraction of sp³-hybridized carbons (Fsp3) is 0.0455. The van der Waals surface area contributed by atoms with Gasteiger partial charge in [-0.25, -0.2) is 0 Å². The Balaban J connectivity index is 0.000000639. The van der Waals surface area contributed by atoms with Gasteiger partial charge in [-0.3, -0.25) is 14.7 Å². The maximum absolute atomic E-state index is 14.6. The van der Waals surface area contributed by atoms with E-state index in [2.05, 4.69) is 104 Å². The summed E-state index contributed by atoms with van der Waals surface area (Å²) < 4.78 is 0. The Hall–Kier alpha value is -3.81. The monoisotopic (exact) mass is 694 g/mol. The van der Waals surface area contributed by atoms with E-state index in [1.165, 1.54) is 16.3 Å². The number of nitrogens with zero attached hydrogens (tertiary/aromatic N) is 2. The van der Waals surface area contributed by atoms with Crippen molar-refractivity contribution in [2.24, 2.45) is 4.99 Å². The molecule has 5 heteroatoms. The first kappa shape index (κ1) is 35.0. The molecule has 238 valence electrons. The molecule has 2 saturated carbocycles. The Morgan fingerprint density at radius 1 is 0.531 bits per heavy atom. The van der Waals surface area contributed by atoms with Crippen LogP contribution in [0.25, 0.3) is 0 Å². The second kappa shape index (κ2) is 17.2. The van der Waals surface area contributed by atoms with Gasteiger partial charge in [0.25, 0.3) is 5.91 Å². The minimum atomic E-state index is -0.894. The van der Waals surface area contributed by atoms with E-state index in [1.807, 2.05) is 104 Å². The molecule has 0 aromatic heterocycles. The van der Waals surface area contributed by atoms with Crippen molar-refractivity contribution in [1.29, 1.82) is 0 Å². The van der Waals surface area contributed by atoms with Gasteiger partial charge < -0.3 is 0 Å². The minimum absolute atomic E-state index is 0. The zero-order valence-electron chi connectivity index (χ0n) is 26.8. The van der Waals surface area contributed by atoms with E-state index in [4.69, 9.17) is 4.99 Å². The van der Waals surface area contributed by atoms with Crippen molar-refractivity contribution >= 4 is 30.3 Å². The van der Waals surface area contributed by atoms with Crippen LogP contribution in [0.3, 0.4) is 0 Å². The number of aliphatic imine (C=N–C) groups is 1. The van der Waals surface area contributed by atoms with E-state index in [0.29, 0.717) is 5.56 Å². The molecule has 0 bridgehead atoms. The van der Waals surface area contributed by atoms with E-state index in [9.17, 15) is 4.79 Å². The van der Waals surface area contributed by atoms with Crippen LogP contribution in [0.4, 0.5) is 0 Å². The smallest absolute Gasteiger partial charge is 0.286 e. The molecule has 0 spiro atoms. The summed E-state index contributed by atoms with van der Waals surface area (Å²) in [5, 5.41) is 2.52. The average Bonchev–Trinajstić information content (AvgIpc) is 3.97. The number of hydrogen-bond acceptors (Lipinski definition) is 2. The van der Waals surface area contributed by atoms with E-state index >= 15 is 0 Å². The molecular formula is C44H35FeN2OP+2. The molecule has 1 aliphatic heterocycles. The van der Waals surface area contributed by atoms with Gasteiger partial charge in [-0.15, -0.1) is 0 Å². The summed E-state index contributed by atoms with van der Waals surface area (Å²) in [5.74, 6) is 1.67. The predicted molar refractivity (Wildman–Crippen MR) is 198 cm³/mol. The number of rotatable bonds is 7. The Morgan fingerprint density at radius 3 is 1.49 bits per heavy atom. The van der Waals surface area contributed by atoms with Crippen molar-refractivity contribution in [3.63, 3.8) is 0 Å². The van der Waals surface area contributed by atoms with Gasteiger partial charge in [0.1, 0.15) is 11.9 Å². The van der Waals surface area contributed by atoms with Gasteiger partial charge in [-0.05, 0) is 93.2 Å². The van der Waals surface area contributed by atoms with Crippen LogP contribution in [-0.4, -0.2) is 16.6 Å². The van der Waals surface area contributed by atoms with E-state index in [1.54, 1.807) is 0 Å². The molecule has 2 aliphatic carbocycles. The first-order valence-corrected chi connectivity index (χ1v) is 17.5. The van der Waals surface area contributed by atoms with Gasteiger partial charge in [-0.2, -0.15) is 0 Å². The summed E-state index contributed by atoms with van der Waals surface area (Å²) >= 11 is 0. The van der Waals surface area contributed by atoms with Crippen LogP contribution in [-0.2, 0) is 17.1 Å². The second-order valence-electron chi connectivity index (χ2n) is 11.5. The first-order valence-electron chi connectivity index (χ1n) is 16.2. The van der Waals surface area contributed by atoms with Crippen molar-refractivity contribution in [1.82, 2.24) is 4.90 Å². The van der Waals surface area contributed by atoms with Gasteiger partial charge >= 0.3 is 17.1 Å². The van der Waals surface area contributed by atoms with Gasteiger partial charge in [-0.1, -0.05) is 140 Å². The molecule has 1 amide bonds. The Kier molecular flexibility index (Phi) is 12.3. The molecule has 10 radical (unpaired) electrons. The molecule has 0 unspecified atom stereocenters. The minimum Gasteiger partial charge on any atom is -0.286 e. The maximum Gasteiger partial charge on any atom is 2.00 e. The normalized spacial score (nSPS) is 19.2. The summed E-state index contributed by atoms with van der Waals surface area (Å²) in [6.07, 6.45) is 16.4. The van der Waals surface area contributed by atoms with Crippen molar-refractivity contribution < 1.29 is 21.9 Å². The SMILES string of the molecule is O=C(c1ccccc1)N1C([C]2[CH][CH][CH][C]2P(c2ccccc2)c2ccccc2)=N[C@H](c2ccccc2)[C@H]1c1ccccc1.[CH]1[CH][CH][CH][CH]1.[Fe+2]. The van der Waals surface area contributed by atoms with Crippen molar-refractivity contribution in [2.75, 3.05) is 0 Å². The quantitative estimate of drug-likeness (QED) is 0.124. The van der Waals surface area contributed by atoms with Crippen molar-refractivity contribution in [2.45, 2.75) is 12.1 Å². The van der Waals surface area contributed by atoms with Crippen molar-refractivity contribution in [3.8, 4) is 0 Å². The fourth-order valence-electron chi connectivity index (χ4n) is 6.26. The van der Waals surface area contributed by atoms with E-state index in [-0.39, 0.29) is 35.1 Å². The van der Waals surface area contributed by atoms with Gasteiger partial charge in [0.15, 0.2) is 0 Å². The topological polar surface area (TPSA) is 32.7 Å². The first-order chi connectivity index (χ1) is 23.8. The van der Waals surface area contributed by atoms with E-state index < -0.39 is 7.92 Å². The number of benzene rings is 5. The molecule has 0 N–H and O–H groups in total. The molecule has 5 aromatic carbocycles. The fourth-order valence-corrected chi connectivity index (χ4v) is 8.71. The zero-order chi connectivity index (χ0) is 32.5. The molecule has 2 fully saturated rings. The molecular weight excluding hydrogens is 659 g/mol. The van der Waals surface area contributed by atoms with E-state index in [0.717, 1.165) is 22.9 Å². The van der Waals surface area contributed by atoms with Crippen LogP contribution < -0.4 is 10.6 Å². The van der Waals surface area contributed by atoms with Crippen LogP contribution >= 0.6 is 7.92 Å². The Labute approximate surface area is 304 Å².